The van der Waals surface area contributed by atoms with Crippen LogP contribution in [0.2, 0.25) is 0 Å². The molecule has 0 saturated carbocycles. The van der Waals surface area contributed by atoms with Gasteiger partial charge in [-0.1, -0.05) is 42.5 Å². The van der Waals surface area contributed by atoms with Gasteiger partial charge in [0.1, 0.15) is 0 Å². The Morgan fingerprint density at radius 2 is 1.57 bits per heavy atom. The molecule has 110 valence electrons. The lowest BCUT2D eigenvalue weighted by Crippen LogP contribution is -2.31. The van der Waals surface area contributed by atoms with Gasteiger partial charge in [0.05, 0.1) is 4.90 Å². The minimum Gasteiger partial charge on any atom is -0.326 e. The highest BCUT2D eigenvalue weighted by Gasteiger charge is 2.30. The zero-order chi connectivity index (χ0) is 14.9. The van der Waals surface area contributed by atoms with Crippen molar-refractivity contribution in [1.82, 2.24) is 4.31 Å². The fourth-order valence-electron chi connectivity index (χ4n) is 2.57. The van der Waals surface area contributed by atoms with Crippen LogP contribution in [0.25, 0.3) is 11.1 Å². The van der Waals surface area contributed by atoms with Crippen molar-refractivity contribution in [1.29, 1.82) is 0 Å². The number of nitrogens with zero attached hydrogens (tertiary/aromatic N) is 1. The predicted octanol–water partition coefficient (Wildman–Crippen LogP) is 2.08. The fourth-order valence-corrected chi connectivity index (χ4v) is 4.08. The molecule has 0 unspecified atom stereocenters. The van der Waals surface area contributed by atoms with Crippen LogP contribution in [0.15, 0.2) is 59.5 Å². The Morgan fingerprint density at radius 3 is 2.14 bits per heavy atom. The second-order valence-corrected chi connectivity index (χ2v) is 7.24. The maximum atomic E-state index is 12.5. The van der Waals surface area contributed by atoms with Crippen LogP contribution in [0.1, 0.15) is 6.42 Å². The summed E-state index contributed by atoms with van der Waals surface area (Å²) < 4.78 is 26.5. The van der Waals surface area contributed by atoms with Crippen LogP contribution in [0.3, 0.4) is 0 Å². The maximum Gasteiger partial charge on any atom is 0.243 e. The summed E-state index contributed by atoms with van der Waals surface area (Å²) in [7, 11) is -3.42. The minimum atomic E-state index is -3.42. The van der Waals surface area contributed by atoms with E-state index in [1.54, 1.807) is 12.1 Å². The molecule has 1 heterocycles. The third-order valence-corrected chi connectivity index (χ3v) is 5.67. The molecule has 2 aromatic carbocycles. The highest BCUT2D eigenvalue weighted by atomic mass is 32.2. The fraction of sp³-hybridized carbons (Fsp3) is 0.250. The van der Waals surface area contributed by atoms with Crippen LogP contribution >= 0.6 is 0 Å². The number of hydrogen-bond donors (Lipinski definition) is 1. The first-order valence-electron chi connectivity index (χ1n) is 6.98. The van der Waals surface area contributed by atoms with Gasteiger partial charge in [0.2, 0.25) is 10.0 Å². The monoisotopic (exact) mass is 302 g/mol. The van der Waals surface area contributed by atoms with E-state index in [4.69, 9.17) is 5.73 Å². The van der Waals surface area contributed by atoms with Crippen molar-refractivity contribution in [2.45, 2.75) is 17.4 Å². The average molecular weight is 302 g/mol. The molecule has 1 aliphatic heterocycles. The van der Waals surface area contributed by atoms with Gasteiger partial charge in [-0.15, -0.1) is 0 Å². The predicted molar refractivity (Wildman–Crippen MR) is 83.2 cm³/mol. The maximum absolute atomic E-state index is 12.5. The van der Waals surface area contributed by atoms with E-state index in [-0.39, 0.29) is 6.04 Å². The Morgan fingerprint density at radius 1 is 0.952 bits per heavy atom. The van der Waals surface area contributed by atoms with Crippen LogP contribution in [0.4, 0.5) is 0 Å². The average Bonchev–Trinajstić information content (AvgIpc) is 2.96. The summed E-state index contributed by atoms with van der Waals surface area (Å²) in [5.41, 5.74) is 7.87. The number of rotatable bonds is 3. The molecule has 0 bridgehead atoms. The van der Waals surface area contributed by atoms with E-state index < -0.39 is 10.0 Å². The summed E-state index contributed by atoms with van der Waals surface area (Å²) in [6.07, 6.45) is 0.724. The zero-order valence-electron chi connectivity index (χ0n) is 11.6. The van der Waals surface area contributed by atoms with Gasteiger partial charge in [0.15, 0.2) is 0 Å². The summed E-state index contributed by atoms with van der Waals surface area (Å²) >= 11 is 0. The molecule has 0 radical (unpaired) electrons. The van der Waals surface area contributed by atoms with Gasteiger partial charge in [-0.25, -0.2) is 8.42 Å². The Labute approximate surface area is 125 Å². The Hall–Kier alpha value is -1.69. The molecule has 0 aromatic heterocycles. The van der Waals surface area contributed by atoms with Crippen molar-refractivity contribution in [3.8, 4) is 11.1 Å². The molecule has 1 atom stereocenters. The summed E-state index contributed by atoms with van der Waals surface area (Å²) in [5, 5.41) is 0. The first-order valence-corrected chi connectivity index (χ1v) is 8.42. The van der Waals surface area contributed by atoms with E-state index in [2.05, 4.69) is 0 Å². The molecule has 21 heavy (non-hydrogen) atoms. The van der Waals surface area contributed by atoms with E-state index in [0.717, 1.165) is 17.5 Å². The molecule has 2 aromatic rings. The molecule has 1 aliphatic rings. The molecule has 2 N–H and O–H groups in total. The normalized spacial score (nSPS) is 19.8. The lowest BCUT2D eigenvalue weighted by molar-refractivity contribution is 0.472. The molecular weight excluding hydrogens is 284 g/mol. The Balaban J connectivity index is 1.87. The van der Waals surface area contributed by atoms with Crippen molar-refractivity contribution in [2.75, 3.05) is 13.1 Å². The van der Waals surface area contributed by atoms with E-state index in [0.29, 0.717) is 18.0 Å². The van der Waals surface area contributed by atoms with Gasteiger partial charge in [0, 0.05) is 19.1 Å². The van der Waals surface area contributed by atoms with E-state index in [1.807, 2.05) is 42.5 Å². The third kappa shape index (κ3) is 2.85. The summed E-state index contributed by atoms with van der Waals surface area (Å²) in [5.74, 6) is 0. The minimum absolute atomic E-state index is 0.0524. The van der Waals surface area contributed by atoms with Crippen LogP contribution in [-0.4, -0.2) is 31.9 Å². The first-order chi connectivity index (χ1) is 10.1. The second kappa shape index (κ2) is 5.60. The first kappa shape index (κ1) is 14.3. The van der Waals surface area contributed by atoms with Crippen LogP contribution in [0, 0.1) is 0 Å². The van der Waals surface area contributed by atoms with Crippen LogP contribution in [0.5, 0.6) is 0 Å². The van der Waals surface area contributed by atoms with Gasteiger partial charge in [-0.05, 0) is 29.7 Å². The molecule has 1 fully saturated rings. The van der Waals surface area contributed by atoms with E-state index >= 15 is 0 Å². The Kier molecular flexibility index (Phi) is 3.80. The standard InChI is InChI=1S/C16H18N2O2S/c17-15-10-11-18(12-15)21(19,20)16-8-6-14(7-9-16)13-4-2-1-3-5-13/h1-9,15H,10-12,17H2/t15-/m1/s1. The Bertz CT molecular complexity index is 712. The van der Waals surface area contributed by atoms with Crippen molar-refractivity contribution < 1.29 is 8.42 Å². The number of sulfonamides is 1. The highest BCUT2D eigenvalue weighted by Crippen LogP contribution is 2.24. The molecule has 1 saturated heterocycles. The van der Waals surface area contributed by atoms with Crippen LogP contribution in [-0.2, 0) is 10.0 Å². The molecule has 3 rings (SSSR count). The summed E-state index contributed by atoms with van der Waals surface area (Å²) in [6, 6.07) is 16.9. The third-order valence-electron chi connectivity index (χ3n) is 3.79. The van der Waals surface area contributed by atoms with Crippen molar-refractivity contribution in [3.63, 3.8) is 0 Å². The lowest BCUT2D eigenvalue weighted by Gasteiger charge is -2.16. The lowest BCUT2D eigenvalue weighted by atomic mass is 10.1. The van der Waals surface area contributed by atoms with Crippen molar-refractivity contribution in [3.05, 3.63) is 54.6 Å². The number of benzene rings is 2. The summed E-state index contributed by atoms with van der Waals surface area (Å²) in [4.78, 5) is 0.330. The topological polar surface area (TPSA) is 63.4 Å². The highest BCUT2D eigenvalue weighted by molar-refractivity contribution is 7.89. The van der Waals surface area contributed by atoms with E-state index in [1.165, 1.54) is 4.31 Å². The largest absolute Gasteiger partial charge is 0.326 e. The van der Waals surface area contributed by atoms with Crippen LogP contribution < -0.4 is 5.73 Å². The molecule has 4 nitrogen and oxygen atoms in total. The van der Waals surface area contributed by atoms with Gasteiger partial charge in [-0.2, -0.15) is 4.31 Å². The van der Waals surface area contributed by atoms with Gasteiger partial charge in [0.25, 0.3) is 0 Å². The van der Waals surface area contributed by atoms with Gasteiger partial charge < -0.3 is 5.73 Å². The second-order valence-electron chi connectivity index (χ2n) is 5.30. The van der Waals surface area contributed by atoms with Crippen molar-refractivity contribution in [2.24, 2.45) is 5.73 Å². The molecule has 0 amide bonds. The number of hydrogen-bond acceptors (Lipinski definition) is 3. The smallest absolute Gasteiger partial charge is 0.243 e. The molecule has 5 heteroatoms. The molecular formula is C16H18N2O2S. The van der Waals surface area contributed by atoms with Gasteiger partial charge >= 0.3 is 0 Å². The number of nitrogens with two attached hydrogens (primary N) is 1. The van der Waals surface area contributed by atoms with E-state index in [9.17, 15) is 8.42 Å². The molecule has 0 spiro atoms. The zero-order valence-corrected chi connectivity index (χ0v) is 12.5. The molecule has 0 aliphatic carbocycles. The van der Waals surface area contributed by atoms with Crippen molar-refractivity contribution >= 4 is 10.0 Å². The van der Waals surface area contributed by atoms with Gasteiger partial charge in [-0.3, -0.25) is 0 Å². The quantitative estimate of drug-likeness (QED) is 0.944. The summed E-state index contributed by atoms with van der Waals surface area (Å²) in [6.45, 7) is 0.909. The SMILES string of the molecule is N[C@@H]1CCN(S(=O)(=O)c2ccc(-c3ccccc3)cc2)C1.